The topological polar surface area (TPSA) is 59.1 Å². The molecule has 0 aliphatic carbocycles. The van der Waals surface area contributed by atoms with E-state index < -0.39 is 5.97 Å². The summed E-state index contributed by atoms with van der Waals surface area (Å²) >= 11 is 0. The minimum absolute atomic E-state index is 0.0930. The van der Waals surface area contributed by atoms with Gasteiger partial charge in [-0.15, -0.1) is 0 Å². The Bertz CT molecular complexity index is 290. The van der Waals surface area contributed by atoms with Crippen LogP contribution in [0.1, 0.15) is 20.8 Å². The van der Waals surface area contributed by atoms with Crippen LogP contribution in [0.15, 0.2) is 12.2 Å². The van der Waals surface area contributed by atoms with Crippen molar-refractivity contribution in [2.24, 2.45) is 0 Å². The fourth-order valence-electron chi connectivity index (χ4n) is 1.33. The van der Waals surface area contributed by atoms with Crippen molar-refractivity contribution in [3.8, 4) is 0 Å². The van der Waals surface area contributed by atoms with Gasteiger partial charge in [-0.05, 0) is 20.0 Å². The second-order valence-electron chi connectivity index (χ2n) is 4.02. The van der Waals surface area contributed by atoms with Gasteiger partial charge in [-0.3, -0.25) is 9.63 Å². The molecule has 0 spiro atoms. The van der Waals surface area contributed by atoms with E-state index in [1.165, 1.54) is 0 Å². The number of esters is 1. The number of likely N-dealkylation sites (N-methyl/N-ethyl adjacent to an activating group) is 1. The third kappa shape index (κ3) is 8.34. The Morgan fingerprint density at radius 2 is 1.84 bits per heavy atom. The van der Waals surface area contributed by atoms with Gasteiger partial charge in [0.15, 0.2) is 0 Å². The molecule has 0 rings (SSSR count). The summed E-state index contributed by atoms with van der Waals surface area (Å²) in [6, 6.07) is 0. The lowest BCUT2D eigenvalue weighted by Gasteiger charge is -2.21. The normalized spacial score (nSPS) is 10.3. The Kier molecular flexibility index (Phi) is 9.74. The molecule has 0 bridgehead atoms. The molecular weight excluding hydrogens is 248 g/mol. The van der Waals surface area contributed by atoms with Crippen molar-refractivity contribution in [2.75, 3.05) is 39.4 Å². The predicted octanol–water partition coefficient (Wildman–Crippen LogP) is 0.837. The molecule has 1 amide bonds. The minimum Gasteiger partial charge on any atom is -0.460 e. The number of nitrogens with zero attached hydrogens (tertiary/aromatic N) is 2. The van der Waals surface area contributed by atoms with Crippen molar-refractivity contribution >= 4 is 12.4 Å². The first-order valence-corrected chi connectivity index (χ1v) is 6.44. The summed E-state index contributed by atoms with van der Waals surface area (Å²) in [6.07, 6.45) is 0.580. The van der Waals surface area contributed by atoms with Gasteiger partial charge in [0.2, 0.25) is 6.41 Å². The number of amides is 1. The number of ether oxygens (including phenoxy) is 1. The van der Waals surface area contributed by atoms with Gasteiger partial charge in [0.05, 0.1) is 13.2 Å². The van der Waals surface area contributed by atoms with E-state index in [-0.39, 0.29) is 13.2 Å². The predicted molar refractivity (Wildman–Crippen MR) is 72.3 cm³/mol. The van der Waals surface area contributed by atoms with Gasteiger partial charge in [0, 0.05) is 12.1 Å². The molecule has 0 aliphatic heterocycles. The van der Waals surface area contributed by atoms with E-state index in [4.69, 9.17) is 9.57 Å². The van der Waals surface area contributed by atoms with Crippen molar-refractivity contribution in [2.45, 2.75) is 20.8 Å². The molecule has 0 unspecified atom stereocenters. The van der Waals surface area contributed by atoms with Crippen molar-refractivity contribution < 1.29 is 19.2 Å². The lowest BCUT2D eigenvalue weighted by atomic mass is 10.4. The number of hydrogen-bond acceptors (Lipinski definition) is 5. The highest BCUT2D eigenvalue weighted by molar-refractivity contribution is 5.86. The largest absolute Gasteiger partial charge is 0.460 e. The zero-order valence-electron chi connectivity index (χ0n) is 12.1. The van der Waals surface area contributed by atoms with Crippen LogP contribution in [0.5, 0.6) is 0 Å². The number of carbonyl (C=O) groups is 2. The number of hydrogen-bond donors (Lipinski definition) is 0. The summed E-state index contributed by atoms with van der Waals surface area (Å²) in [5.74, 6) is -0.464. The molecule has 0 radical (unpaired) electrons. The van der Waals surface area contributed by atoms with Crippen LogP contribution >= 0.6 is 0 Å². The molecule has 0 aromatic heterocycles. The van der Waals surface area contributed by atoms with E-state index >= 15 is 0 Å². The van der Waals surface area contributed by atoms with Gasteiger partial charge in [0.25, 0.3) is 0 Å². The molecule has 0 N–H and O–H groups in total. The Labute approximate surface area is 114 Å². The summed E-state index contributed by atoms with van der Waals surface area (Å²) in [5, 5.41) is 1.13. The van der Waals surface area contributed by atoms with E-state index in [9.17, 15) is 9.59 Å². The molecule has 0 fully saturated rings. The number of hydroxylamine groups is 2. The minimum atomic E-state index is -0.464. The maximum atomic E-state index is 11.1. The zero-order valence-corrected chi connectivity index (χ0v) is 12.1. The Balaban J connectivity index is 3.80. The van der Waals surface area contributed by atoms with E-state index in [0.29, 0.717) is 18.6 Å². The van der Waals surface area contributed by atoms with Crippen LogP contribution in [-0.4, -0.2) is 61.7 Å². The average molecular weight is 272 g/mol. The molecule has 110 valence electrons. The molecule has 0 aromatic carbocycles. The van der Waals surface area contributed by atoms with Gasteiger partial charge >= 0.3 is 5.97 Å². The Morgan fingerprint density at radius 1 is 1.21 bits per heavy atom. The Morgan fingerprint density at radius 3 is 2.32 bits per heavy atom. The van der Waals surface area contributed by atoms with Gasteiger partial charge in [-0.2, -0.15) is 0 Å². The van der Waals surface area contributed by atoms with Crippen LogP contribution in [-0.2, 0) is 19.2 Å². The Hall–Kier alpha value is -1.40. The molecule has 6 nitrogen and oxygen atoms in total. The van der Waals surface area contributed by atoms with Crippen LogP contribution in [0.25, 0.3) is 0 Å². The highest BCUT2D eigenvalue weighted by Gasteiger charge is 2.07. The number of carbonyl (C=O) groups excluding carboxylic acids is 2. The van der Waals surface area contributed by atoms with Crippen molar-refractivity contribution in [1.82, 2.24) is 9.96 Å². The van der Waals surface area contributed by atoms with E-state index in [1.54, 1.807) is 6.92 Å². The van der Waals surface area contributed by atoms with Crippen LogP contribution in [0, 0.1) is 0 Å². The molecule has 0 aromatic rings. The smallest absolute Gasteiger partial charge is 0.333 e. The molecule has 0 aliphatic rings. The van der Waals surface area contributed by atoms with Crippen LogP contribution in [0.3, 0.4) is 0 Å². The van der Waals surface area contributed by atoms with E-state index in [2.05, 4.69) is 25.3 Å². The first-order chi connectivity index (χ1) is 9.04. The van der Waals surface area contributed by atoms with Gasteiger partial charge in [-0.1, -0.05) is 20.4 Å². The standard InChI is InChI=1S/C13H24N2O4/c1-5-14(6-2)7-10-19-15(11-16)8-9-18-13(17)12(3)4/h11H,3,5-10H2,1-2,4H3. The third-order valence-electron chi connectivity index (χ3n) is 2.57. The fraction of sp³-hybridized carbons (Fsp3) is 0.692. The van der Waals surface area contributed by atoms with Crippen LogP contribution in [0.4, 0.5) is 0 Å². The maximum Gasteiger partial charge on any atom is 0.333 e. The first-order valence-electron chi connectivity index (χ1n) is 6.44. The summed E-state index contributed by atoms with van der Waals surface area (Å²) < 4.78 is 4.88. The highest BCUT2D eigenvalue weighted by Crippen LogP contribution is 1.94. The van der Waals surface area contributed by atoms with Crippen LogP contribution < -0.4 is 0 Å². The number of rotatable bonds is 11. The molecule has 0 atom stereocenters. The summed E-state index contributed by atoms with van der Waals surface area (Å²) in [6.45, 7) is 12.5. The second-order valence-corrected chi connectivity index (χ2v) is 4.02. The average Bonchev–Trinajstić information content (AvgIpc) is 2.41. The van der Waals surface area contributed by atoms with Gasteiger partial charge in [-0.25, -0.2) is 9.86 Å². The molecule has 6 heteroatoms. The molecule has 0 heterocycles. The molecule has 19 heavy (non-hydrogen) atoms. The highest BCUT2D eigenvalue weighted by atomic mass is 16.7. The van der Waals surface area contributed by atoms with Crippen molar-refractivity contribution in [3.05, 3.63) is 12.2 Å². The monoisotopic (exact) mass is 272 g/mol. The maximum absolute atomic E-state index is 11.1. The summed E-state index contributed by atoms with van der Waals surface area (Å²) in [7, 11) is 0. The second kappa shape index (κ2) is 10.5. The lowest BCUT2D eigenvalue weighted by molar-refractivity contribution is -0.178. The zero-order chi connectivity index (χ0) is 14.7. The van der Waals surface area contributed by atoms with Gasteiger partial charge < -0.3 is 9.64 Å². The fourth-order valence-corrected chi connectivity index (χ4v) is 1.33. The van der Waals surface area contributed by atoms with Crippen molar-refractivity contribution in [3.63, 3.8) is 0 Å². The lowest BCUT2D eigenvalue weighted by Crippen LogP contribution is -2.33. The van der Waals surface area contributed by atoms with Crippen molar-refractivity contribution in [1.29, 1.82) is 0 Å². The van der Waals surface area contributed by atoms with E-state index in [0.717, 1.165) is 24.7 Å². The molecular formula is C13H24N2O4. The van der Waals surface area contributed by atoms with E-state index in [1.807, 2.05) is 0 Å². The summed E-state index contributed by atoms with van der Waals surface area (Å²) in [5.41, 5.74) is 0.333. The van der Waals surface area contributed by atoms with Gasteiger partial charge in [0.1, 0.15) is 6.61 Å². The first kappa shape index (κ1) is 17.6. The quantitative estimate of drug-likeness (QED) is 0.241. The van der Waals surface area contributed by atoms with Crippen LogP contribution in [0.2, 0.25) is 0 Å². The SMILES string of the molecule is C=C(C)C(=O)OCCN(C=O)OCCN(CC)CC. The molecule has 0 saturated carbocycles. The summed E-state index contributed by atoms with van der Waals surface area (Å²) in [4.78, 5) is 29.3. The molecule has 0 saturated heterocycles. The third-order valence-corrected chi connectivity index (χ3v) is 2.57.